The molecule has 4 heteroatoms. The molecule has 4 nitrogen and oxygen atoms in total. The first kappa shape index (κ1) is 76.8. The van der Waals surface area contributed by atoms with Gasteiger partial charge in [0, 0.05) is 21.7 Å². The zero-order valence-corrected chi connectivity index (χ0v) is 70.0. The average molecular weight is 1470 g/mol. The Morgan fingerprint density at radius 1 is 0.179 bits per heavy atom. The summed E-state index contributed by atoms with van der Waals surface area (Å²) >= 11 is 0. The van der Waals surface area contributed by atoms with Gasteiger partial charge in [0.15, 0.2) is 0 Å². The summed E-state index contributed by atoms with van der Waals surface area (Å²) < 4.78 is 0. The quantitative estimate of drug-likeness (QED) is 0.150. The molecule has 564 valence electrons. The monoisotopic (exact) mass is 1460 g/mol. The second-order valence-corrected chi connectivity index (χ2v) is 35.8. The molecule has 0 aliphatic heterocycles. The van der Waals surface area contributed by atoms with E-state index in [2.05, 4.69) is 322 Å². The second-order valence-electron chi connectivity index (χ2n) is 35.8. The lowest BCUT2D eigenvalue weighted by Crippen LogP contribution is -2.15. The standard InChI is InChI=1S/2C29H22.2C19H16.4C3H9N/c2*1-29(2)24-14-12-22-20-9-5-3-8-18(20)16-23(22)27(24)28-25(29)13-11-19-15-17-7-4-6-10-21(17)26(19)28;2*1-19(2)16-10-6-5-9-15(16)18-14-8-4-3-7-13(14)11-12-17(18)19;4*1-4(2)3/h2*3-14H,15-16H2,1-2H3;2*3-12H,1-2H3;4*1-3H3. The van der Waals surface area contributed by atoms with Crippen molar-refractivity contribution in [1.29, 1.82) is 0 Å². The fourth-order valence-corrected chi connectivity index (χ4v) is 19.3. The predicted octanol–water partition coefficient (Wildman–Crippen LogP) is 25.3. The lowest BCUT2D eigenvalue weighted by atomic mass is 9.81. The first-order chi connectivity index (χ1) is 53.6. The van der Waals surface area contributed by atoms with Gasteiger partial charge in [0.05, 0.1) is 0 Å². The van der Waals surface area contributed by atoms with E-state index in [-0.39, 0.29) is 21.7 Å². The smallest absolute Gasteiger partial charge is 0.0159 e. The van der Waals surface area contributed by atoms with Crippen LogP contribution in [0.1, 0.15) is 144 Å². The first-order valence-electron chi connectivity index (χ1n) is 40.3. The van der Waals surface area contributed by atoms with Crippen LogP contribution in [0.25, 0.3) is 111 Å². The van der Waals surface area contributed by atoms with E-state index in [9.17, 15) is 0 Å². The maximum absolute atomic E-state index is 2.41. The maximum Gasteiger partial charge on any atom is 0.0159 e. The van der Waals surface area contributed by atoms with Gasteiger partial charge < -0.3 is 19.6 Å². The molecule has 112 heavy (non-hydrogen) atoms. The van der Waals surface area contributed by atoms with Crippen LogP contribution in [0.3, 0.4) is 0 Å². The average Bonchev–Trinajstić information content (AvgIpc) is 1.45. The van der Waals surface area contributed by atoms with Gasteiger partial charge in [0.1, 0.15) is 0 Å². The topological polar surface area (TPSA) is 13.0 Å². The van der Waals surface area contributed by atoms with E-state index in [0.29, 0.717) is 0 Å². The van der Waals surface area contributed by atoms with Crippen LogP contribution in [0.4, 0.5) is 0 Å². The zero-order valence-electron chi connectivity index (χ0n) is 70.0. The van der Waals surface area contributed by atoms with Crippen molar-refractivity contribution in [1.82, 2.24) is 19.6 Å². The zero-order chi connectivity index (χ0) is 79.0. The number of fused-ring (bicyclic) bond motifs is 32. The molecule has 22 rings (SSSR count). The molecule has 14 aromatic carbocycles. The molecule has 0 spiro atoms. The minimum Gasteiger partial charge on any atom is -0.312 e. The molecule has 0 bridgehead atoms. The van der Waals surface area contributed by atoms with Crippen molar-refractivity contribution in [2.45, 2.75) is 103 Å². The van der Waals surface area contributed by atoms with Crippen LogP contribution in [-0.4, -0.2) is 104 Å². The molecule has 0 saturated carbocycles. The molecule has 0 N–H and O–H groups in total. The highest BCUT2D eigenvalue weighted by atomic mass is 15.0. The Morgan fingerprint density at radius 2 is 0.429 bits per heavy atom. The Balaban J connectivity index is 0.000000112. The Bertz CT molecular complexity index is 5580. The molecule has 0 unspecified atom stereocenters. The molecule has 0 atom stereocenters. The van der Waals surface area contributed by atoms with Crippen molar-refractivity contribution in [2.24, 2.45) is 0 Å². The molecule has 14 aromatic rings. The van der Waals surface area contributed by atoms with Crippen molar-refractivity contribution >= 4 is 21.5 Å². The number of hydrogen-bond acceptors (Lipinski definition) is 4. The van der Waals surface area contributed by atoms with Gasteiger partial charge in [-0.2, -0.15) is 0 Å². The van der Waals surface area contributed by atoms with Crippen molar-refractivity contribution in [2.75, 3.05) is 84.6 Å². The Kier molecular flexibility index (Phi) is 20.7. The largest absolute Gasteiger partial charge is 0.312 e. The summed E-state index contributed by atoms with van der Waals surface area (Å²) in [5.74, 6) is 0. The first-order valence-corrected chi connectivity index (χ1v) is 40.3. The minimum absolute atomic E-state index is 0.0427. The van der Waals surface area contributed by atoms with Crippen LogP contribution in [0.15, 0.2) is 267 Å². The predicted molar refractivity (Wildman–Crippen MR) is 482 cm³/mol. The highest BCUT2D eigenvalue weighted by Gasteiger charge is 2.45. The van der Waals surface area contributed by atoms with E-state index in [1.54, 1.807) is 0 Å². The lowest BCUT2D eigenvalue weighted by Gasteiger charge is -2.22. The van der Waals surface area contributed by atoms with E-state index in [1.165, 1.54) is 200 Å². The van der Waals surface area contributed by atoms with E-state index < -0.39 is 0 Å². The maximum atomic E-state index is 2.41. The number of nitrogens with zero attached hydrogens (tertiary/aromatic N) is 4. The van der Waals surface area contributed by atoms with Gasteiger partial charge in [0.2, 0.25) is 0 Å². The number of hydrogen-bond donors (Lipinski definition) is 0. The molecular formula is C108H112N4. The fraction of sp³-hybridized carbons (Fsp3) is 0.259. The van der Waals surface area contributed by atoms with Crippen molar-refractivity contribution < 1.29 is 0 Å². The van der Waals surface area contributed by atoms with Gasteiger partial charge in [-0.1, -0.05) is 322 Å². The highest BCUT2D eigenvalue weighted by molar-refractivity contribution is 6.06. The van der Waals surface area contributed by atoms with Gasteiger partial charge in [-0.05, 0) is 310 Å². The lowest BCUT2D eigenvalue weighted by molar-refractivity contribution is 0.505. The number of benzene rings is 14. The van der Waals surface area contributed by atoms with Crippen molar-refractivity contribution in [3.63, 3.8) is 0 Å². The van der Waals surface area contributed by atoms with Gasteiger partial charge in [0.25, 0.3) is 0 Å². The van der Waals surface area contributed by atoms with Crippen LogP contribution in [0.5, 0.6) is 0 Å². The summed E-state index contributed by atoms with van der Waals surface area (Å²) in [6, 6.07) is 99.2. The Hall–Kier alpha value is -10.6. The summed E-state index contributed by atoms with van der Waals surface area (Å²) in [5, 5.41) is 5.40. The van der Waals surface area contributed by atoms with E-state index in [1.807, 2.05) is 104 Å². The van der Waals surface area contributed by atoms with Crippen LogP contribution in [-0.2, 0) is 47.3 Å². The Labute approximate surface area is 669 Å². The summed E-state index contributed by atoms with van der Waals surface area (Å²) in [5.41, 5.74) is 47.3. The van der Waals surface area contributed by atoms with Crippen molar-refractivity contribution in [3.8, 4) is 89.0 Å². The van der Waals surface area contributed by atoms with Crippen LogP contribution < -0.4 is 0 Å². The molecule has 0 heterocycles. The molecular weight excluding hydrogens is 1350 g/mol. The van der Waals surface area contributed by atoms with Gasteiger partial charge in [-0.3, -0.25) is 0 Å². The van der Waals surface area contributed by atoms with Crippen LogP contribution in [0.2, 0.25) is 0 Å². The van der Waals surface area contributed by atoms with E-state index in [0.717, 1.165) is 25.7 Å². The molecule has 8 aliphatic carbocycles. The SMILES string of the molecule is CC1(C)c2ccc3c(c2-c2c1ccc1c2-c2ccccc2C1)Cc1ccccc1-3.CC1(C)c2ccc3c(c2-c2c1ccc1c2-c2ccccc2C1)Cc1ccccc1-3.CC1(C)c2ccccc2-c2c1ccc1ccccc21.CC1(C)c2ccccc2-c2c1ccc1ccccc21.CN(C)C.CN(C)C.CN(C)C.CN(C)C. The molecule has 0 saturated heterocycles. The summed E-state index contributed by atoms with van der Waals surface area (Å²) in [6.07, 6.45) is 4.22. The summed E-state index contributed by atoms with van der Waals surface area (Å²) in [4.78, 5) is 8.00. The highest BCUT2D eigenvalue weighted by Crippen LogP contribution is 2.62. The summed E-state index contributed by atoms with van der Waals surface area (Å²) in [7, 11) is 24.0. The van der Waals surface area contributed by atoms with Crippen LogP contribution in [0, 0.1) is 0 Å². The van der Waals surface area contributed by atoms with Gasteiger partial charge >= 0.3 is 0 Å². The third-order valence-corrected chi connectivity index (χ3v) is 24.0. The van der Waals surface area contributed by atoms with Gasteiger partial charge in [-0.25, -0.2) is 0 Å². The minimum atomic E-state index is 0.0427. The molecule has 8 aliphatic rings. The molecule has 0 aromatic heterocycles. The molecule has 0 radical (unpaired) electrons. The normalized spacial score (nSPS) is 14.7. The molecule has 0 amide bonds. The number of rotatable bonds is 0. The summed E-state index contributed by atoms with van der Waals surface area (Å²) in [6.45, 7) is 18.9. The Morgan fingerprint density at radius 3 is 0.786 bits per heavy atom. The third-order valence-electron chi connectivity index (χ3n) is 24.0. The fourth-order valence-electron chi connectivity index (χ4n) is 19.3. The molecule has 0 fully saturated rings. The van der Waals surface area contributed by atoms with Gasteiger partial charge in [-0.15, -0.1) is 0 Å². The van der Waals surface area contributed by atoms with Crippen molar-refractivity contribution in [3.05, 3.63) is 356 Å². The second kappa shape index (κ2) is 30.2. The van der Waals surface area contributed by atoms with E-state index >= 15 is 0 Å². The van der Waals surface area contributed by atoms with Crippen LogP contribution >= 0.6 is 0 Å². The van der Waals surface area contributed by atoms with E-state index in [4.69, 9.17) is 0 Å². The third kappa shape index (κ3) is 13.5.